The normalized spacial score (nSPS) is 30.6. The fourth-order valence-electron chi connectivity index (χ4n) is 2.71. The molecule has 1 aromatic heterocycles. The van der Waals surface area contributed by atoms with Gasteiger partial charge in [-0.3, -0.25) is 0 Å². The standard InChI is InChI=1S/C13H22N2O/c1-9-4-5-13(10(2)6-9)14-8-12-7-11(3)16-15-12/h7,9-10,13-14H,4-6,8H2,1-3H3. The molecule has 1 N–H and O–H groups in total. The number of rotatable bonds is 3. The van der Waals surface area contributed by atoms with Crippen molar-refractivity contribution in [3.05, 3.63) is 17.5 Å². The molecular formula is C13H22N2O. The molecule has 90 valence electrons. The second kappa shape index (κ2) is 5.00. The minimum Gasteiger partial charge on any atom is -0.361 e. The summed E-state index contributed by atoms with van der Waals surface area (Å²) >= 11 is 0. The Kier molecular flexibility index (Phi) is 3.64. The Morgan fingerprint density at radius 1 is 1.44 bits per heavy atom. The van der Waals surface area contributed by atoms with Crippen molar-refractivity contribution in [3.63, 3.8) is 0 Å². The van der Waals surface area contributed by atoms with Gasteiger partial charge in [-0.25, -0.2) is 0 Å². The summed E-state index contributed by atoms with van der Waals surface area (Å²) in [5.74, 6) is 2.56. The average molecular weight is 222 g/mol. The zero-order valence-electron chi connectivity index (χ0n) is 10.5. The van der Waals surface area contributed by atoms with Crippen LogP contribution in [-0.4, -0.2) is 11.2 Å². The molecule has 3 unspecified atom stereocenters. The van der Waals surface area contributed by atoms with E-state index in [1.165, 1.54) is 19.3 Å². The highest BCUT2D eigenvalue weighted by molar-refractivity contribution is 5.03. The first-order valence-corrected chi connectivity index (χ1v) is 6.30. The number of nitrogens with zero attached hydrogens (tertiary/aromatic N) is 1. The van der Waals surface area contributed by atoms with E-state index in [-0.39, 0.29) is 0 Å². The minimum atomic E-state index is 0.646. The molecule has 3 nitrogen and oxygen atoms in total. The number of aromatic nitrogens is 1. The molecule has 0 radical (unpaired) electrons. The van der Waals surface area contributed by atoms with Crippen molar-refractivity contribution in [1.29, 1.82) is 0 Å². The van der Waals surface area contributed by atoms with Crippen molar-refractivity contribution < 1.29 is 4.52 Å². The molecule has 1 aliphatic rings. The Morgan fingerprint density at radius 2 is 2.25 bits per heavy atom. The number of hydrogen-bond donors (Lipinski definition) is 1. The van der Waals surface area contributed by atoms with E-state index in [2.05, 4.69) is 24.3 Å². The van der Waals surface area contributed by atoms with Gasteiger partial charge in [0.1, 0.15) is 5.76 Å². The lowest BCUT2D eigenvalue weighted by molar-refractivity contribution is 0.226. The molecule has 3 heteroatoms. The number of aryl methyl sites for hydroxylation is 1. The van der Waals surface area contributed by atoms with Crippen molar-refractivity contribution in [2.75, 3.05) is 0 Å². The predicted molar refractivity (Wildman–Crippen MR) is 64.0 cm³/mol. The predicted octanol–water partition coefficient (Wildman–Crippen LogP) is 2.90. The zero-order chi connectivity index (χ0) is 11.5. The SMILES string of the molecule is Cc1cc(CNC2CCC(C)CC2C)no1. The van der Waals surface area contributed by atoms with E-state index in [9.17, 15) is 0 Å². The quantitative estimate of drug-likeness (QED) is 0.854. The summed E-state index contributed by atoms with van der Waals surface area (Å²) in [7, 11) is 0. The highest BCUT2D eigenvalue weighted by Crippen LogP contribution is 2.28. The Hall–Kier alpha value is -0.830. The van der Waals surface area contributed by atoms with Crippen LogP contribution in [0.3, 0.4) is 0 Å². The highest BCUT2D eigenvalue weighted by Gasteiger charge is 2.24. The van der Waals surface area contributed by atoms with E-state index in [4.69, 9.17) is 4.52 Å². The maximum atomic E-state index is 5.06. The molecule has 3 atom stereocenters. The topological polar surface area (TPSA) is 38.1 Å². The van der Waals surface area contributed by atoms with Gasteiger partial charge in [-0.15, -0.1) is 0 Å². The van der Waals surface area contributed by atoms with Gasteiger partial charge in [0.05, 0.1) is 5.69 Å². The molecular weight excluding hydrogens is 200 g/mol. The van der Waals surface area contributed by atoms with E-state index in [1.54, 1.807) is 0 Å². The third-order valence-electron chi connectivity index (χ3n) is 3.65. The van der Waals surface area contributed by atoms with Crippen molar-refractivity contribution >= 4 is 0 Å². The van der Waals surface area contributed by atoms with E-state index in [0.717, 1.165) is 29.8 Å². The van der Waals surface area contributed by atoms with Crippen LogP contribution in [0.1, 0.15) is 44.6 Å². The summed E-state index contributed by atoms with van der Waals surface area (Å²) in [6, 6.07) is 2.65. The van der Waals surface area contributed by atoms with Gasteiger partial charge >= 0.3 is 0 Å². The Balaban J connectivity index is 1.81. The van der Waals surface area contributed by atoms with E-state index in [1.807, 2.05) is 13.0 Å². The van der Waals surface area contributed by atoms with Gasteiger partial charge in [0.25, 0.3) is 0 Å². The first-order valence-electron chi connectivity index (χ1n) is 6.30. The van der Waals surface area contributed by atoms with Gasteiger partial charge in [0.2, 0.25) is 0 Å². The van der Waals surface area contributed by atoms with E-state index < -0.39 is 0 Å². The monoisotopic (exact) mass is 222 g/mol. The summed E-state index contributed by atoms with van der Waals surface area (Å²) in [5, 5.41) is 7.60. The molecule has 0 saturated heterocycles. The van der Waals surface area contributed by atoms with Gasteiger partial charge in [0, 0.05) is 18.7 Å². The van der Waals surface area contributed by atoms with Crippen LogP contribution in [0.2, 0.25) is 0 Å². The first-order chi connectivity index (χ1) is 7.65. The molecule has 0 aliphatic heterocycles. The molecule has 1 saturated carbocycles. The summed E-state index contributed by atoms with van der Waals surface area (Å²) in [5.41, 5.74) is 1.02. The summed E-state index contributed by atoms with van der Waals surface area (Å²) in [4.78, 5) is 0. The van der Waals surface area contributed by atoms with Crippen molar-refractivity contribution in [1.82, 2.24) is 10.5 Å². The molecule has 1 fully saturated rings. The molecule has 0 amide bonds. The maximum Gasteiger partial charge on any atom is 0.133 e. The van der Waals surface area contributed by atoms with Crippen molar-refractivity contribution in [2.24, 2.45) is 11.8 Å². The molecule has 0 aromatic carbocycles. The van der Waals surface area contributed by atoms with Gasteiger partial charge in [-0.05, 0) is 38.0 Å². The molecule has 16 heavy (non-hydrogen) atoms. The lowest BCUT2D eigenvalue weighted by atomic mass is 9.80. The van der Waals surface area contributed by atoms with Crippen molar-refractivity contribution in [3.8, 4) is 0 Å². The van der Waals surface area contributed by atoms with Crippen LogP contribution in [0.15, 0.2) is 10.6 Å². The molecule has 0 bridgehead atoms. The molecule has 2 rings (SSSR count). The fraction of sp³-hybridized carbons (Fsp3) is 0.769. The van der Waals surface area contributed by atoms with Crippen LogP contribution in [0.25, 0.3) is 0 Å². The second-order valence-electron chi connectivity index (χ2n) is 5.31. The molecule has 1 heterocycles. The third kappa shape index (κ3) is 2.85. The van der Waals surface area contributed by atoms with Gasteiger partial charge in [0.15, 0.2) is 0 Å². The second-order valence-corrected chi connectivity index (χ2v) is 5.31. The van der Waals surface area contributed by atoms with Crippen LogP contribution in [0.5, 0.6) is 0 Å². The lowest BCUT2D eigenvalue weighted by Gasteiger charge is -2.33. The smallest absolute Gasteiger partial charge is 0.133 e. The minimum absolute atomic E-state index is 0.646. The highest BCUT2D eigenvalue weighted by atomic mass is 16.5. The fourth-order valence-corrected chi connectivity index (χ4v) is 2.71. The van der Waals surface area contributed by atoms with Crippen LogP contribution in [0.4, 0.5) is 0 Å². The Morgan fingerprint density at radius 3 is 2.88 bits per heavy atom. The summed E-state index contributed by atoms with van der Waals surface area (Å²) in [6.45, 7) is 7.47. The van der Waals surface area contributed by atoms with Gasteiger partial charge in [-0.2, -0.15) is 0 Å². The van der Waals surface area contributed by atoms with Crippen LogP contribution >= 0.6 is 0 Å². The number of hydrogen-bond acceptors (Lipinski definition) is 3. The van der Waals surface area contributed by atoms with Crippen LogP contribution < -0.4 is 5.32 Å². The van der Waals surface area contributed by atoms with Gasteiger partial charge < -0.3 is 9.84 Å². The largest absolute Gasteiger partial charge is 0.361 e. The van der Waals surface area contributed by atoms with Crippen LogP contribution in [0, 0.1) is 18.8 Å². The Bertz CT molecular complexity index is 334. The van der Waals surface area contributed by atoms with E-state index >= 15 is 0 Å². The summed E-state index contributed by atoms with van der Waals surface area (Å²) < 4.78 is 5.06. The van der Waals surface area contributed by atoms with Crippen LogP contribution in [-0.2, 0) is 6.54 Å². The molecule has 0 spiro atoms. The van der Waals surface area contributed by atoms with Crippen molar-refractivity contribution in [2.45, 2.75) is 52.6 Å². The maximum absolute atomic E-state index is 5.06. The average Bonchev–Trinajstić information content (AvgIpc) is 2.63. The Labute approximate surface area is 97.6 Å². The summed E-state index contributed by atoms with van der Waals surface area (Å²) in [6.07, 6.45) is 3.98. The van der Waals surface area contributed by atoms with E-state index in [0.29, 0.717) is 6.04 Å². The zero-order valence-corrected chi connectivity index (χ0v) is 10.5. The lowest BCUT2D eigenvalue weighted by Crippen LogP contribution is -2.38. The number of nitrogens with one attached hydrogen (secondary N) is 1. The first kappa shape index (κ1) is 11.6. The molecule has 1 aromatic rings. The van der Waals surface area contributed by atoms with Gasteiger partial charge in [-0.1, -0.05) is 19.0 Å². The molecule has 1 aliphatic carbocycles. The third-order valence-corrected chi connectivity index (χ3v) is 3.65.